The summed E-state index contributed by atoms with van der Waals surface area (Å²) in [5.41, 5.74) is 6.95. The third-order valence-corrected chi connectivity index (χ3v) is 8.33. The number of hydrogen-bond donors (Lipinski definition) is 0. The lowest BCUT2D eigenvalue weighted by atomic mass is 10.1. The van der Waals surface area contributed by atoms with E-state index in [1.807, 2.05) is 91.0 Å². The maximum absolute atomic E-state index is 14.2. The highest BCUT2D eigenvalue weighted by molar-refractivity contribution is 8.19. The van der Waals surface area contributed by atoms with Crippen molar-refractivity contribution in [2.45, 2.75) is 33.2 Å². The summed E-state index contributed by atoms with van der Waals surface area (Å²) in [4.78, 5) is 36.9. The average Bonchev–Trinajstić information content (AvgIpc) is 3.46. The molecule has 2 aliphatic rings. The van der Waals surface area contributed by atoms with E-state index in [2.05, 4.69) is 26.0 Å². The van der Waals surface area contributed by atoms with Crippen molar-refractivity contribution in [2.75, 3.05) is 9.80 Å². The summed E-state index contributed by atoms with van der Waals surface area (Å²) in [5, 5.41) is 0.535. The van der Waals surface area contributed by atoms with Gasteiger partial charge in [0.15, 0.2) is 5.17 Å². The molecule has 0 atom stereocenters. The summed E-state index contributed by atoms with van der Waals surface area (Å²) in [7, 11) is 0. The Balaban J connectivity index is 1.46. The molecule has 6 rings (SSSR count). The number of nitrogens with zero attached hydrogens (tertiary/aromatic N) is 3. The number of amides is 2. The quantitative estimate of drug-likeness (QED) is 0.236. The van der Waals surface area contributed by atoms with Gasteiger partial charge in [-0.3, -0.25) is 14.5 Å². The van der Waals surface area contributed by atoms with Crippen LogP contribution >= 0.6 is 11.8 Å². The van der Waals surface area contributed by atoms with E-state index in [1.165, 1.54) is 22.9 Å². The zero-order chi connectivity index (χ0) is 27.6. The topological polar surface area (TPSA) is 53.0 Å². The Morgan fingerprint density at radius 1 is 0.675 bits per heavy atom. The van der Waals surface area contributed by atoms with Gasteiger partial charge in [-0.2, -0.15) is 0 Å². The van der Waals surface area contributed by atoms with Crippen LogP contribution in [-0.2, 0) is 29.0 Å². The van der Waals surface area contributed by atoms with Crippen molar-refractivity contribution in [1.82, 2.24) is 0 Å². The fourth-order valence-corrected chi connectivity index (χ4v) is 6.14. The standard InChI is InChI=1S/C34H29N3O2S/c1-3-23-14-18-26(19-15-23)35-34-37(27-20-16-24(4-2)17-21-27)33(39)31(40-34)30-28-12-8-9-13-29(28)36(32(30)38)22-25-10-6-5-7-11-25/h5-21H,3-4,22H2,1-2H3. The minimum atomic E-state index is -0.238. The second-order valence-electron chi connectivity index (χ2n) is 9.78. The molecule has 5 nitrogen and oxygen atoms in total. The molecule has 2 amide bonds. The summed E-state index contributed by atoms with van der Waals surface area (Å²) < 4.78 is 0. The first-order valence-corrected chi connectivity index (χ1v) is 14.4. The number of thioether (sulfide) groups is 1. The van der Waals surface area contributed by atoms with Crippen molar-refractivity contribution in [2.24, 2.45) is 4.99 Å². The number of benzene rings is 4. The van der Waals surface area contributed by atoms with Crippen LogP contribution in [0.4, 0.5) is 17.1 Å². The van der Waals surface area contributed by atoms with Crippen molar-refractivity contribution >= 4 is 51.4 Å². The van der Waals surface area contributed by atoms with Crippen molar-refractivity contribution < 1.29 is 9.59 Å². The van der Waals surface area contributed by atoms with Crippen LogP contribution in [0.15, 0.2) is 113 Å². The molecule has 0 bridgehead atoms. The monoisotopic (exact) mass is 543 g/mol. The van der Waals surface area contributed by atoms with Crippen LogP contribution in [-0.4, -0.2) is 17.0 Å². The molecule has 0 radical (unpaired) electrons. The lowest BCUT2D eigenvalue weighted by molar-refractivity contribution is -0.115. The Kier molecular flexibility index (Phi) is 7.10. The first-order chi connectivity index (χ1) is 19.6. The molecule has 0 aliphatic carbocycles. The van der Waals surface area contributed by atoms with E-state index < -0.39 is 0 Å². The maximum atomic E-state index is 14.2. The molecule has 2 heterocycles. The molecule has 6 heteroatoms. The van der Waals surface area contributed by atoms with Crippen LogP contribution < -0.4 is 9.80 Å². The van der Waals surface area contributed by atoms with Crippen LogP contribution in [0.3, 0.4) is 0 Å². The lowest BCUT2D eigenvalue weighted by Crippen LogP contribution is -2.30. The Bertz CT molecular complexity index is 1640. The van der Waals surface area contributed by atoms with Crippen LogP contribution in [0.5, 0.6) is 0 Å². The highest BCUT2D eigenvalue weighted by Crippen LogP contribution is 2.46. The molecular weight excluding hydrogens is 514 g/mol. The summed E-state index contributed by atoms with van der Waals surface area (Å²) >= 11 is 1.27. The van der Waals surface area contributed by atoms with E-state index in [-0.39, 0.29) is 11.8 Å². The predicted octanol–water partition coefficient (Wildman–Crippen LogP) is 7.54. The number of aliphatic imine (C=N–C) groups is 1. The second-order valence-corrected chi connectivity index (χ2v) is 10.8. The molecule has 2 aliphatic heterocycles. The van der Waals surface area contributed by atoms with Crippen LogP contribution in [0.2, 0.25) is 0 Å². The summed E-state index contributed by atoms with van der Waals surface area (Å²) in [6, 6.07) is 33.6. The van der Waals surface area contributed by atoms with Gasteiger partial charge in [0.05, 0.1) is 34.1 Å². The van der Waals surface area contributed by atoms with Gasteiger partial charge in [0.25, 0.3) is 11.8 Å². The van der Waals surface area contributed by atoms with E-state index in [9.17, 15) is 9.59 Å². The van der Waals surface area contributed by atoms with Crippen LogP contribution in [0.1, 0.15) is 36.1 Å². The van der Waals surface area contributed by atoms with Gasteiger partial charge in [-0.25, -0.2) is 4.99 Å². The number of hydrogen-bond acceptors (Lipinski definition) is 4. The van der Waals surface area contributed by atoms with Crippen LogP contribution in [0, 0.1) is 0 Å². The number of amidine groups is 1. The third-order valence-electron chi connectivity index (χ3n) is 7.29. The Morgan fingerprint density at radius 2 is 1.30 bits per heavy atom. The fourth-order valence-electron chi connectivity index (χ4n) is 5.05. The predicted molar refractivity (Wildman–Crippen MR) is 165 cm³/mol. The van der Waals surface area contributed by atoms with Gasteiger partial charge in [0.1, 0.15) is 0 Å². The zero-order valence-electron chi connectivity index (χ0n) is 22.5. The van der Waals surface area contributed by atoms with E-state index in [1.54, 1.807) is 9.80 Å². The zero-order valence-corrected chi connectivity index (χ0v) is 23.3. The molecule has 198 valence electrons. The average molecular weight is 544 g/mol. The molecule has 0 spiro atoms. The van der Waals surface area contributed by atoms with Gasteiger partial charge >= 0.3 is 0 Å². The van der Waals surface area contributed by atoms with Gasteiger partial charge in [-0.15, -0.1) is 0 Å². The SMILES string of the molecule is CCc1ccc(N=C2SC(=C3C(=O)N(Cc4ccccc4)c4ccccc43)C(=O)N2c2ccc(CC)cc2)cc1. The number of aryl methyl sites for hydroxylation is 2. The van der Waals surface area contributed by atoms with Crippen molar-refractivity contribution in [3.8, 4) is 0 Å². The minimum absolute atomic E-state index is 0.171. The maximum Gasteiger partial charge on any atom is 0.272 e. The van der Waals surface area contributed by atoms with E-state index in [0.29, 0.717) is 22.2 Å². The number of para-hydroxylation sites is 1. The van der Waals surface area contributed by atoms with E-state index in [4.69, 9.17) is 4.99 Å². The number of carbonyl (C=O) groups is 2. The van der Waals surface area contributed by atoms with Crippen molar-refractivity contribution in [3.63, 3.8) is 0 Å². The number of anilines is 2. The molecule has 0 unspecified atom stereocenters. The van der Waals surface area contributed by atoms with Gasteiger partial charge in [0.2, 0.25) is 0 Å². The van der Waals surface area contributed by atoms with Crippen molar-refractivity contribution in [1.29, 1.82) is 0 Å². The largest absolute Gasteiger partial charge is 0.303 e. The third kappa shape index (κ3) is 4.75. The molecule has 40 heavy (non-hydrogen) atoms. The Labute approximate surface area is 238 Å². The first kappa shape index (κ1) is 25.8. The number of rotatable bonds is 6. The molecule has 0 aromatic heterocycles. The summed E-state index contributed by atoms with van der Waals surface area (Å²) in [6.07, 6.45) is 1.85. The molecule has 4 aromatic carbocycles. The fraction of sp³-hybridized carbons (Fsp3) is 0.147. The Hall–Kier alpha value is -4.42. The van der Waals surface area contributed by atoms with Gasteiger partial charge < -0.3 is 4.90 Å². The van der Waals surface area contributed by atoms with E-state index in [0.717, 1.165) is 41.0 Å². The second kappa shape index (κ2) is 11.0. The highest BCUT2D eigenvalue weighted by Gasteiger charge is 2.43. The first-order valence-electron chi connectivity index (χ1n) is 13.6. The van der Waals surface area contributed by atoms with E-state index >= 15 is 0 Å². The highest BCUT2D eigenvalue weighted by atomic mass is 32.2. The van der Waals surface area contributed by atoms with Crippen LogP contribution in [0.25, 0.3) is 5.57 Å². The van der Waals surface area contributed by atoms with Gasteiger partial charge in [-0.1, -0.05) is 86.6 Å². The smallest absolute Gasteiger partial charge is 0.272 e. The van der Waals surface area contributed by atoms with Crippen molar-refractivity contribution in [3.05, 3.63) is 130 Å². The normalized spacial score (nSPS) is 17.7. The van der Waals surface area contributed by atoms with Gasteiger partial charge in [0, 0.05) is 5.56 Å². The summed E-state index contributed by atoms with van der Waals surface area (Å²) in [6.45, 7) is 4.65. The minimum Gasteiger partial charge on any atom is -0.303 e. The molecule has 0 saturated carbocycles. The molecule has 0 N–H and O–H groups in total. The summed E-state index contributed by atoms with van der Waals surface area (Å²) in [5.74, 6) is -0.409. The Morgan fingerprint density at radius 3 is 1.98 bits per heavy atom. The molecule has 4 aromatic rings. The number of fused-ring (bicyclic) bond motifs is 1. The molecule has 1 saturated heterocycles. The molecular formula is C34H29N3O2S. The van der Waals surface area contributed by atoms with Gasteiger partial charge in [-0.05, 0) is 71.6 Å². The molecule has 1 fully saturated rings. The lowest BCUT2D eigenvalue weighted by Gasteiger charge is -2.17. The number of carbonyl (C=O) groups excluding carboxylic acids is 2.